The van der Waals surface area contributed by atoms with E-state index >= 15 is 0 Å². The van der Waals surface area contributed by atoms with Crippen molar-refractivity contribution in [1.29, 1.82) is 0 Å². The molecule has 8 heteroatoms. The van der Waals surface area contributed by atoms with Crippen LogP contribution in [-0.2, 0) is 23.4 Å². The van der Waals surface area contributed by atoms with Crippen LogP contribution in [-0.4, -0.2) is 36.0 Å². The van der Waals surface area contributed by atoms with Gasteiger partial charge in [-0.1, -0.05) is 121 Å². The summed E-state index contributed by atoms with van der Waals surface area (Å²) >= 11 is 3.49. The minimum atomic E-state index is -4.60. The highest BCUT2D eigenvalue weighted by Crippen LogP contribution is 2.53. The van der Waals surface area contributed by atoms with Gasteiger partial charge >= 0.3 is 6.18 Å². The van der Waals surface area contributed by atoms with E-state index in [-0.39, 0.29) is 6.54 Å². The summed E-state index contributed by atoms with van der Waals surface area (Å²) in [6, 6.07) is 29.0. The Morgan fingerprint density at radius 2 is 1.50 bits per heavy atom. The molecule has 0 unspecified atom stereocenters. The van der Waals surface area contributed by atoms with E-state index in [9.17, 15) is 18.0 Å². The van der Waals surface area contributed by atoms with Crippen molar-refractivity contribution < 1.29 is 27.4 Å². The zero-order chi connectivity index (χ0) is 35.1. The SMILES string of the molecule is COc1cc(OCc2ccc(C3CCCCCC3)cc2)ccc1CN(CC(F)(F)F)C(=O)C1(CCCCBr)c2ccccc2-c2ccccc21. The number of carbonyl (C=O) groups is 1. The number of alkyl halides is 4. The fraction of sp³-hybridized carbons (Fsp3) is 0.405. The molecular weight excluding hydrogens is 703 g/mol. The summed E-state index contributed by atoms with van der Waals surface area (Å²) in [5.41, 5.74) is 4.93. The third kappa shape index (κ3) is 7.91. The monoisotopic (exact) mass is 747 g/mol. The van der Waals surface area contributed by atoms with Crippen molar-refractivity contribution in [2.24, 2.45) is 0 Å². The summed E-state index contributed by atoms with van der Waals surface area (Å²) in [4.78, 5) is 15.8. The van der Waals surface area contributed by atoms with Crippen molar-refractivity contribution in [2.75, 3.05) is 19.0 Å². The van der Waals surface area contributed by atoms with Crippen molar-refractivity contribution in [2.45, 2.75) is 88.4 Å². The zero-order valence-corrected chi connectivity index (χ0v) is 30.2. The van der Waals surface area contributed by atoms with E-state index in [0.717, 1.165) is 44.5 Å². The third-order valence-electron chi connectivity index (χ3n) is 10.4. The molecule has 2 aliphatic carbocycles. The second kappa shape index (κ2) is 16.1. The van der Waals surface area contributed by atoms with Crippen LogP contribution in [0.3, 0.4) is 0 Å². The number of ether oxygens (including phenoxy) is 2. The summed E-state index contributed by atoms with van der Waals surface area (Å²) in [5, 5.41) is 0.740. The Morgan fingerprint density at radius 3 is 2.10 bits per heavy atom. The molecule has 0 N–H and O–H groups in total. The van der Waals surface area contributed by atoms with Crippen LogP contribution in [0.4, 0.5) is 13.2 Å². The first-order chi connectivity index (χ1) is 24.2. The maximum atomic E-state index is 14.9. The molecule has 0 radical (unpaired) electrons. The van der Waals surface area contributed by atoms with E-state index in [0.29, 0.717) is 42.4 Å². The molecule has 0 atom stereocenters. The van der Waals surface area contributed by atoms with Gasteiger partial charge in [0, 0.05) is 23.5 Å². The van der Waals surface area contributed by atoms with Crippen molar-refractivity contribution in [3.63, 3.8) is 0 Å². The molecule has 6 rings (SSSR count). The Hall–Kier alpha value is -3.78. The van der Waals surface area contributed by atoms with Gasteiger partial charge in [0.05, 0.1) is 7.11 Å². The molecule has 50 heavy (non-hydrogen) atoms. The fourth-order valence-electron chi connectivity index (χ4n) is 7.92. The van der Waals surface area contributed by atoms with Crippen LogP contribution in [0.2, 0.25) is 0 Å². The van der Waals surface area contributed by atoms with Crippen LogP contribution < -0.4 is 9.47 Å². The largest absolute Gasteiger partial charge is 0.496 e. The van der Waals surface area contributed by atoms with Gasteiger partial charge in [0.1, 0.15) is 30.1 Å². The van der Waals surface area contributed by atoms with Crippen LogP contribution in [0.25, 0.3) is 11.1 Å². The topological polar surface area (TPSA) is 38.8 Å². The second-order valence-corrected chi connectivity index (χ2v) is 14.4. The maximum absolute atomic E-state index is 14.9. The lowest BCUT2D eigenvalue weighted by molar-refractivity contribution is -0.165. The van der Waals surface area contributed by atoms with Crippen LogP contribution in [0.1, 0.15) is 91.5 Å². The molecule has 4 aromatic rings. The van der Waals surface area contributed by atoms with Crippen LogP contribution in [0.5, 0.6) is 11.5 Å². The molecule has 264 valence electrons. The Bertz CT molecular complexity index is 1700. The van der Waals surface area contributed by atoms with Gasteiger partial charge in [0.2, 0.25) is 5.91 Å². The third-order valence-corrected chi connectivity index (χ3v) is 10.9. The predicted octanol–water partition coefficient (Wildman–Crippen LogP) is 11.1. The molecule has 4 aromatic carbocycles. The summed E-state index contributed by atoms with van der Waals surface area (Å²) in [7, 11) is 1.48. The summed E-state index contributed by atoms with van der Waals surface area (Å²) in [6.07, 6.45) is 4.95. The molecule has 0 saturated heterocycles. The quantitative estimate of drug-likeness (QED) is 0.0776. The van der Waals surface area contributed by atoms with Gasteiger partial charge in [0.15, 0.2) is 0 Å². The Balaban J connectivity index is 1.25. The first-order valence-corrected chi connectivity index (χ1v) is 18.9. The number of rotatable bonds is 13. The normalized spacial score (nSPS) is 15.5. The minimum Gasteiger partial charge on any atom is -0.496 e. The molecule has 0 aromatic heterocycles. The Labute approximate surface area is 302 Å². The van der Waals surface area contributed by atoms with Gasteiger partial charge in [-0.15, -0.1) is 0 Å². The number of methoxy groups -OCH3 is 1. The first-order valence-electron chi connectivity index (χ1n) is 17.7. The molecule has 0 aliphatic heterocycles. The number of nitrogens with zero attached hydrogens (tertiary/aromatic N) is 1. The van der Waals surface area contributed by atoms with Crippen LogP contribution in [0, 0.1) is 0 Å². The van der Waals surface area contributed by atoms with Crippen molar-refractivity contribution in [3.8, 4) is 22.6 Å². The molecule has 0 spiro atoms. The average molecular weight is 749 g/mol. The highest BCUT2D eigenvalue weighted by molar-refractivity contribution is 9.09. The number of unbranched alkanes of at least 4 members (excludes halogenated alkanes) is 1. The summed E-state index contributed by atoms with van der Waals surface area (Å²) < 4.78 is 54.6. The Morgan fingerprint density at radius 1 is 0.860 bits per heavy atom. The highest BCUT2D eigenvalue weighted by atomic mass is 79.9. The molecule has 2 aliphatic rings. The lowest BCUT2D eigenvalue weighted by Crippen LogP contribution is -2.49. The number of benzene rings is 4. The van der Waals surface area contributed by atoms with Crippen molar-refractivity contribution in [3.05, 3.63) is 119 Å². The highest BCUT2D eigenvalue weighted by Gasteiger charge is 2.51. The summed E-state index contributed by atoms with van der Waals surface area (Å²) in [6.45, 7) is -1.30. The van der Waals surface area contributed by atoms with E-state index in [1.807, 2.05) is 48.5 Å². The maximum Gasteiger partial charge on any atom is 0.406 e. The first kappa shape index (κ1) is 36.0. The second-order valence-electron chi connectivity index (χ2n) is 13.6. The Kier molecular flexibility index (Phi) is 11.6. The molecule has 0 bridgehead atoms. The van der Waals surface area contributed by atoms with Gasteiger partial charge in [-0.2, -0.15) is 13.2 Å². The molecule has 1 saturated carbocycles. The van der Waals surface area contributed by atoms with Gasteiger partial charge in [0.25, 0.3) is 0 Å². The van der Waals surface area contributed by atoms with Gasteiger partial charge < -0.3 is 14.4 Å². The van der Waals surface area contributed by atoms with Gasteiger partial charge in [-0.05, 0) is 77.1 Å². The molecular formula is C42H45BrF3NO3. The number of hydrogen-bond acceptors (Lipinski definition) is 3. The standard InChI is InChI=1S/C42H45BrF3NO3/c1-49-39-26-34(50-28-30-18-20-32(21-19-30)31-12-4-2-3-5-13-31)23-22-33(39)27-47(29-42(44,45)46)40(48)41(24-10-11-25-43)37-16-8-6-14-35(37)36-15-7-9-17-38(36)41/h6-9,14-23,26,31H,2-5,10-13,24-25,27-29H2,1H3. The van der Waals surface area contributed by atoms with E-state index in [2.05, 4.69) is 40.2 Å². The summed E-state index contributed by atoms with van der Waals surface area (Å²) in [5.74, 6) is 0.968. The fourth-order valence-corrected chi connectivity index (χ4v) is 8.32. The van der Waals surface area contributed by atoms with E-state index in [4.69, 9.17) is 9.47 Å². The molecule has 0 heterocycles. The van der Waals surface area contributed by atoms with Gasteiger partial charge in [-0.3, -0.25) is 4.79 Å². The number of hydrogen-bond donors (Lipinski definition) is 0. The lowest BCUT2D eigenvalue weighted by Gasteiger charge is -2.37. The molecule has 4 nitrogen and oxygen atoms in total. The van der Waals surface area contributed by atoms with Gasteiger partial charge in [-0.25, -0.2) is 0 Å². The number of carbonyl (C=O) groups excluding carboxylic acids is 1. The zero-order valence-electron chi connectivity index (χ0n) is 28.6. The molecule has 1 amide bonds. The van der Waals surface area contributed by atoms with Crippen molar-refractivity contribution >= 4 is 21.8 Å². The van der Waals surface area contributed by atoms with Crippen molar-refractivity contribution in [1.82, 2.24) is 4.90 Å². The van der Waals surface area contributed by atoms with Crippen LogP contribution >= 0.6 is 15.9 Å². The van der Waals surface area contributed by atoms with E-state index in [1.54, 1.807) is 18.2 Å². The van der Waals surface area contributed by atoms with Crippen LogP contribution in [0.15, 0.2) is 91.0 Å². The van der Waals surface area contributed by atoms with E-state index in [1.165, 1.54) is 51.2 Å². The molecule has 1 fully saturated rings. The average Bonchev–Trinajstić information content (AvgIpc) is 3.24. The number of fused-ring (bicyclic) bond motifs is 3. The number of amides is 1. The van der Waals surface area contributed by atoms with E-state index < -0.39 is 24.0 Å². The smallest absolute Gasteiger partial charge is 0.406 e. The lowest BCUT2D eigenvalue weighted by atomic mass is 9.73. The predicted molar refractivity (Wildman–Crippen MR) is 196 cm³/mol. The minimum absolute atomic E-state index is 0.269. The number of halogens is 4.